The molecule has 66 valence electrons. The number of alkyl halides is 1. The van der Waals surface area contributed by atoms with Gasteiger partial charge in [-0.15, -0.1) is 0 Å². The van der Waals surface area contributed by atoms with Gasteiger partial charge in [-0.3, -0.25) is 4.39 Å². The molecule has 1 aliphatic heterocycles. The number of rotatable bonds is 2. The zero-order valence-corrected chi connectivity index (χ0v) is 7.07. The Hall–Kier alpha value is -0.150. The highest BCUT2D eigenvalue weighted by atomic mass is 19.1. The van der Waals surface area contributed by atoms with Crippen molar-refractivity contribution in [2.24, 2.45) is 11.1 Å². The van der Waals surface area contributed by atoms with Gasteiger partial charge in [-0.1, -0.05) is 0 Å². The number of nitrogens with two attached hydrogens (primary N) is 1. The van der Waals surface area contributed by atoms with Gasteiger partial charge in [-0.2, -0.15) is 0 Å². The Morgan fingerprint density at radius 3 is 2.36 bits per heavy atom. The average molecular weight is 160 g/mol. The molecule has 1 rings (SSSR count). The highest BCUT2D eigenvalue weighted by Crippen LogP contribution is 2.31. The first-order chi connectivity index (χ1) is 5.21. The van der Waals surface area contributed by atoms with E-state index in [9.17, 15) is 4.39 Å². The summed E-state index contributed by atoms with van der Waals surface area (Å²) in [5.74, 6) is 0. The van der Waals surface area contributed by atoms with E-state index in [0.717, 1.165) is 25.9 Å². The number of hydrogen-bond acceptors (Lipinski definition) is 2. The fourth-order valence-corrected chi connectivity index (χ4v) is 1.64. The molecular formula is C8H17FN2. The summed E-state index contributed by atoms with van der Waals surface area (Å²) >= 11 is 0. The van der Waals surface area contributed by atoms with Crippen LogP contribution in [-0.4, -0.2) is 25.8 Å². The molecule has 0 saturated carbocycles. The van der Waals surface area contributed by atoms with E-state index < -0.39 is 0 Å². The first-order valence-electron chi connectivity index (χ1n) is 4.23. The van der Waals surface area contributed by atoms with Crippen molar-refractivity contribution in [3.8, 4) is 0 Å². The quantitative estimate of drug-likeness (QED) is 0.623. The molecule has 1 heterocycles. The lowest BCUT2D eigenvalue weighted by Gasteiger charge is -2.38. The third-order valence-corrected chi connectivity index (χ3v) is 2.83. The number of halogens is 1. The summed E-state index contributed by atoms with van der Waals surface area (Å²) in [6.07, 6.45) is 1.75. The number of piperidine rings is 1. The van der Waals surface area contributed by atoms with Gasteiger partial charge in [0.15, 0.2) is 0 Å². The second-order valence-corrected chi connectivity index (χ2v) is 3.53. The van der Waals surface area contributed by atoms with Gasteiger partial charge in [0, 0.05) is 11.5 Å². The molecule has 1 fully saturated rings. The summed E-state index contributed by atoms with van der Waals surface area (Å²) in [5.41, 5.74) is 5.51. The molecule has 3 N–H and O–H groups in total. The third kappa shape index (κ3) is 1.71. The molecule has 0 aliphatic carbocycles. The maximum absolute atomic E-state index is 12.7. The highest BCUT2D eigenvalue weighted by molar-refractivity contribution is 4.90. The van der Waals surface area contributed by atoms with E-state index in [1.807, 2.05) is 6.92 Å². The van der Waals surface area contributed by atoms with Crippen molar-refractivity contribution >= 4 is 0 Å². The predicted octanol–water partition coefficient (Wildman–Crippen LogP) is 0.673. The average Bonchev–Trinajstić information content (AvgIpc) is 2.05. The van der Waals surface area contributed by atoms with Gasteiger partial charge < -0.3 is 11.1 Å². The molecule has 2 nitrogen and oxygen atoms in total. The molecular weight excluding hydrogens is 143 g/mol. The van der Waals surface area contributed by atoms with Gasteiger partial charge in [0.2, 0.25) is 0 Å². The summed E-state index contributed by atoms with van der Waals surface area (Å²) in [7, 11) is 0. The maximum atomic E-state index is 12.7. The van der Waals surface area contributed by atoms with Gasteiger partial charge in [0.1, 0.15) is 0 Å². The standard InChI is InChI=1S/C8H17FN2/c1-7(10)8(6-9)2-4-11-5-3-8/h7,11H,2-6,10H2,1H3. The Bertz CT molecular complexity index is 119. The highest BCUT2D eigenvalue weighted by Gasteiger charge is 2.35. The molecule has 1 unspecified atom stereocenters. The largest absolute Gasteiger partial charge is 0.327 e. The lowest BCUT2D eigenvalue weighted by atomic mass is 9.75. The Balaban J connectivity index is 2.57. The van der Waals surface area contributed by atoms with Crippen molar-refractivity contribution in [3.05, 3.63) is 0 Å². The summed E-state index contributed by atoms with van der Waals surface area (Å²) < 4.78 is 12.7. The smallest absolute Gasteiger partial charge is 0.0966 e. The summed E-state index contributed by atoms with van der Waals surface area (Å²) in [6.45, 7) is 3.45. The fraction of sp³-hybridized carbons (Fsp3) is 1.00. The molecule has 1 saturated heterocycles. The van der Waals surface area contributed by atoms with Crippen LogP contribution in [0.1, 0.15) is 19.8 Å². The lowest BCUT2D eigenvalue weighted by Crippen LogP contribution is -2.48. The van der Waals surface area contributed by atoms with Crippen LogP contribution in [0.3, 0.4) is 0 Å². The van der Waals surface area contributed by atoms with Gasteiger partial charge >= 0.3 is 0 Å². The van der Waals surface area contributed by atoms with Gasteiger partial charge in [0.05, 0.1) is 6.67 Å². The number of nitrogens with one attached hydrogen (secondary N) is 1. The van der Waals surface area contributed by atoms with Crippen LogP contribution in [0.2, 0.25) is 0 Å². The molecule has 0 radical (unpaired) electrons. The molecule has 0 aromatic carbocycles. The van der Waals surface area contributed by atoms with Crippen molar-refractivity contribution in [1.82, 2.24) is 5.32 Å². The van der Waals surface area contributed by atoms with Gasteiger partial charge in [-0.25, -0.2) is 0 Å². The maximum Gasteiger partial charge on any atom is 0.0966 e. The van der Waals surface area contributed by atoms with Gasteiger partial charge in [-0.05, 0) is 32.9 Å². The Morgan fingerprint density at radius 2 is 2.09 bits per heavy atom. The molecule has 3 heteroatoms. The van der Waals surface area contributed by atoms with Crippen LogP contribution < -0.4 is 11.1 Å². The van der Waals surface area contributed by atoms with Crippen LogP contribution in [0.4, 0.5) is 4.39 Å². The zero-order chi connectivity index (χ0) is 8.32. The summed E-state index contributed by atoms with van der Waals surface area (Å²) in [5, 5.41) is 3.21. The van der Waals surface area contributed by atoms with Crippen LogP contribution in [0.15, 0.2) is 0 Å². The molecule has 0 aromatic rings. The van der Waals surface area contributed by atoms with Crippen molar-refractivity contribution in [2.75, 3.05) is 19.8 Å². The van der Waals surface area contributed by atoms with Crippen molar-refractivity contribution in [1.29, 1.82) is 0 Å². The zero-order valence-electron chi connectivity index (χ0n) is 7.07. The first-order valence-corrected chi connectivity index (χ1v) is 4.23. The normalized spacial score (nSPS) is 26.5. The molecule has 0 bridgehead atoms. The van der Waals surface area contributed by atoms with E-state index in [1.165, 1.54) is 0 Å². The SMILES string of the molecule is CC(N)C1(CF)CCNCC1. The topological polar surface area (TPSA) is 38.0 Å². The van der Waals surface area contributed by atoms with Crippen LogP contribution in [0.25, 0.3) is 0 Å². The second-order valence-electron chi connectivity index (χ2n) is 3.53. The Kier molecular flexibility index (Phi) is 2.84. The minimum absolute atomic E-state index is 0.0189. The van der Waals surface area contributed by atoms with Gasteiger partial charge in [0.25, 0.3) is 0 Å². The monoisotopic (exact) mass is 160 g/mol. The minimum Gasteiger partial charge on any atom is -0.327 e. The van der Waals surface area contributed by atoms with E-state index in [0.29, 0.717) is 0 Å². The van der Waals surface area contributed by atoms with Crippen LogP contribution in [-0.2, 0) is 0 Å². The molecule has 0 amide bonds. The van der Waals surface area contributed by atoms with Crippen LogP contribution >= 0.6 is 0 Å². The molecule has 0 spiro atoms. The lowest BCUT2D eigenvalue weighted by molar-refractivity contribution is 0.119. The third-order valence-electron chi connectivity index (χ3n) is 2.83. The van der Waals surface area contributed by atoms with Crippen molar-refractivity contribution < 1.29 is 4.39 Å². The molecule has 0 aromatic heterocycles. The van der Waals surface area contributed by atoms with Crippen molar-refractivity contribution in [3.63, 3.8) is 0 Å². The van der Waals surface area contributed by atoms with Crippen LogP contribution in [0, 0.1) is 5.41 Å². The molecule has 1 aliphatic rings. The fourth-order valence-electron chi connectivity index (χ4n) is 1.64. The van der Waals surface area contributed by atoms with E-state index in [-0.39, 0.29) is 18.1 Å². The summed E-state index contributed by atoms with van der Waals surface area (Å²) in [6, 6.07) is -0.0189. The van der Waals surface area contributed by atoms with Crippen molar-refractivity contribution in [2.45, 2.75) is 25.8 Å². The predicted molar refractivity (Wildman–Crippen MR) is 44.2 cm³/mol. The Morgan fingerprint density at radius 1 is 1.55 bits per heavy atom. The van der Waals surface area contributed by atoms with Crippen LogP contribution in [0.5, 0.6) is 0 Å². The van der Waals surface area contributed by atoms with E-state index in [4.69, 9.17) is 5.73 Å². The molecule has 1 atom stereocenters. The Labute approximate surface area is 67.3 Å². The minimum atomic E-state index is -0.271. The summed E-state index contributed by atoms with van der Waals surface area (Å²) in [4.78, 5) is 0. The molecule has 11 heavy (non-hydrogen) atoms. The number of hydrogen-bond donors (Lipinski definition) is 2. The van der Waals surface area contributed by atoms with E-state index in [2.05, 4.69) is 5.32 Å². The van der Waals surface area contributed by atoms with E-state index >= 15 is 0 Å². The van der Waals surface area contributed by atoms with E-state index in [1.54, 1.807) is 0 Å². The second kappa shape index (κ2) is 3.50. The first kappa shape index (κ1) is 8.94.